The molecule has 4 aromatic rings. The highest BCUT2D eigenvalue weighted by molar-refractivity contribution is 5.94. The van der Waals surface area contributed by atoms with E-state index in [1.807, 2.05) is 43.0 Å². The van der Waals surface area contributed by atoms with Gasteiger partial charge < -0.3 is 24.4 Å². The van der Waals surface area contributed by atoms with Crippen LogP contribution < -0.4 is 9.80 Å². The molecule has 0 unspecified atom stereocenters. The van der Waals surface area contributed by atoms with Gasteiger partial charge in [0.25, 0.3) is 0 Å². The predicted octanol–water partition coefficient (Wildman–Crippen LogP) is 4.50. The predicted molar refractivity (Wildman–Crippen MR) is 143 cm³/mol. The van der Waals surface area contributed by atoms with E-state index < -0.39 is 12.7 Å². The minimum absolute atomic E-state index is 0.0439. The van der Waals surface area contributed by atoms with Gasteiger partial charge in [-0.3, -0.25) is 9.78 Å². The van der Waals surface area contributed by atoms with E-state index in [0.29, 0.717) is 37.3 Å². The van der Waals surface area contributed by atoms with E-state index in [1.54, 1.807) is 27.9 Å². The molecule has 9 nitrogen and oxygen atoms in total. The smallest absolute Gasteiger partial charge is 0.405 e. The van der Waals surface area contributed by atoms with Crippen molar-refractivity contribution in [1.82, 2.24) is 24.4 Å². The molecule has 12 heteroatoms. The number of hydrogen-bond acceptors (Lipinski definition) is 7. The van der Waals surface area contributed by atoms with Gasteiger partial charge in [0.05, 0.1) is 17.6 Å². The fraction of sp³-hybridized carbons (Fsp3) is 0.407. The van der Waals surface area contributed by atoms with Crippen molar-refractivity contribution in [3.8, 4) is 5.88 Å². The first-order valence-electron chi connectivity index (χ1n) is 12.8. The van der Waals surface area contributed by atoms with Gasteiger partial charge in [-0.2, -0.15) is 18.2 Å². The lowest BCUT2D eigenvalue weighted by molar-refractivity contribution is -0.129. The molecule has 1 saturated heterocycles. The van der Waals surface area contributed by atoms with Crippen molar-refractivity contribution in [2.45, 2.75) is 39.5 Å². The molecule has 0 spiro atoms. The van der Waals surface area contributed by atoms with Crippen LogP contribution in [0.1, 0.15) is 32.5 Å². The SMILES string of the molecule is CC(=O)N1CCN(c2nc(N(Cc3cc4ccccc4cn3)CC(F)(F)F)c3cn(C(C)C)c(O)c3n2)CC1. The molecular weight excluding hydrogens is 511 g/mol. The third-order valence-electron chi connectivity index (χ3n) is 6.91. The normalized spacial score (nSPS) is 14.5. The van der Waals surface area contributed by atoms with E-state index >= 15 is 0 Å². The molecule has 1 fully saturated rings. The summed E-state index contributed by atoms with van der Waals surface area (Å²) in [7, 11) is 0. The van der Waals surface area contributed by atoms with Crippen LogP contribution in [0.3, 0.4) is 0 Å². The van der Waals surface area contributed by atoms with Gasteiger partial charge in [-0.1, -0.05) is 24.3 Å². The summed E-state index contributed by atoms with van der Waals surface area (Å²) in [6, 6.07) is 9.13. The van der Waals surface area contributed by atoms with E-state index in [0.717, 1.165) is 15.7 Å². The van der Waals surface area contributed by atoms with Gasteiger partial charge in [-0.25, -0.2) is 4.98 Å². The number of aromatic nitrogens is 4. The molecule has 39 heavy (non-hydrogen) atoms. The number of carbonyl (C=O) groups is 1. The Hall–Kier alpha value is -4.09. The number of nitrogens with zero attached hydrogens (tertiary/aromatic N) is 7. The topological polar surface area (TPSA) is 90.6 Å². The van der Waals surface area contributed by atoms with Crippen molar-refractivity contribution in [3.63, 3.8) is 0 Å². The van der Waals surface area contributed by atoms with Crippen molar-refractivity contribution in [2.24, 2.45) is 0 Å². The molecule has 206 valence electrons. The number of pyridine rings is 1. The number of fused-ring (bicyclic) bond motifs is 2. The molecule has 1 aliphatic rings. The number of hydrogen-bond donors (Lipinski definition) is 1. The molecule has 0 saturated carbocycles. The standard InChI is InChI=1S/C27H30F3N7O2/c1-17(2)37-15-22-23(25(37)39)32-26(35-10-8-34(9-11-35)18(3)38)33-24(22)36(16-27(28,29)30)14-21-12-19-6-4-5-7-20(19)13-31-21/h4-7,12-13,15,17,39H,8-11,14,16H2,1-3H3. The van der Waals surface area contributed by atoms with Crippen molar-refractivity contribution >= 4 is 39.3 Å². The largest absolute Gasteiger partial charge is 0.493 e. The first-order valence-corrected chi connectivity index (χ1v) is 12.8. The van der Waals surface area contributed by atoms with Gasteiger partial charge in [0, 0.05) is 56.9 Å². The molecule has 5 rings (SSSR count). The highest BCUT2D eigenvalue weighted by Crippen LogP contribution is 2.37. The lowest BCUT2D eigenvalue weighted by Gasteiger charge is -2.34. The van der Waals surface area contributed by atoms with E-state index in [-0.39, 0.29) is 41.7 Å². The molecule has 1 N–H and O–H groups in total. The molecule has 3 aromatic heterocycles. The van der Waals surface area contributed by atoms with Gasteiger partial charge in [0.1, 0.15) is 17.9 Å². The van der Waals surface area contributed by atoms with Crippen LogP contribution >= 0.6 is 0 Å². The molecule has 1 aliphatic heterocycles. The number of amides is 1. The Bertz CT molecular complexity index is 1510. The van der Waals surface area contributed by atoms with Crippen LogP contribution in [0, 0.1) is 0 Å². The summed E-state index contributed by atoms with van der Waals surface area (Å²) in [5.74, 6) is 0.0859. The van der Waals surface area contributed by atoms with Gasteiger partial charge >= 0.3 is 6.18 Å². The summed E-state index contributed by atoms with van der Waals surface area (Å²) in [6.45, 7) is 5.53. The van der Waals surface area contributed by atoms with Crippen LogP contribution in [0.5, 0.6) is 5.88 Å². The quantitative estimate of drug-likeness (QED) is 0.384. The van der Waals surface area contributed by atoms with Gasteiger partial charge in [-0.15, -0.1) is 0 Å². The molecule has 0 bridgehead atoms. The zero-order valence-corrected chi connectivity index (χ0v) is 22.0. The number of rotatable bonds is 6. The fourth-order valence-electron chi connectivity index (χ4n) is 4.89. The van der Waals surface area contributed by atoms with E-state index in [9.17, 15) is 23.1 Å². The number of aromatic hydroxyl groups is 1. The van der Waals surface area contributed by atoms with Crippen LogP contribution in [0.25, 0.3) is 21.7 Å². The van der Waals surface area contributed by atoms with E-state index in [2.05, 4.69) is 15.0 Å². The van der Waals surface area contributed by atoms with Gasteiger partial charge in [0.2, 0.25) is 17.7 Å². The Morgan fingerprint density at radius 1 is 1.10 bits per heavy atom. The Labute approximate surface area is 223 Å². The minimum atomic E-state index is -4.52. The van der Waals surface area contributed by atoms with Crippen molar-refractivity contribution in [1.29, 1.82) is 0 Å². The third kappa shape index (κ3) is 5.55. The summed E-state index contributed by atoms with van der Waals surface area (Å²) in [4.78, 5) is 30.1. The number of alkyl halides is 3. The second-order valence-corrected chi connectivity index (χ2v) is 10.1. The average molecular weight is 542 g/mol. The molecule has 1 aromatic carbocycles. The number of halogens is 3. The monoisotopic (exact) mass is 541 g/mol. The molecule has 0 atom stereocenters. The number of benzene rings is 1. The van der Waals surface area contributed by atoms with E-state index in [1.165, 1.54) is 6.92 Å². The maximum absolute atomic E-state index is 13.9. The second kappa shape index (κ2) is 10.2. The Morgan fingerprint density at radius 3 is 2.44 bits per heavy atom. The van der Waals surface area contributed by atoms with Gasteiger partial charge in [0.15, 0.2) is 0 Å². The summed E-state index contributed by atoms with van der Waals surface area (Å²) in [5.41, 5.74) is 0.630. The summed E-state index contributed by atoms with van der Waals surface area (Å²) >= 11 is 0. The highest BCUT2D eigenvalue weighted by Gasteiger charge is 2.34. The minimum Gasteiger partial charge on any atom is -0.493 e. The maximum atomic E-state index is 13.9. The Kier molecular flexibility index (Phi) is 6.96. The van der Waals surface area contributed by atoms with E-state index in [4.69, 9.17) is 0 Å². The van der Waals surface area contributed by atoms with Crippen molar-refractivity contribution in [2.75, 3.05) is 42.5 Å². The summed E-state index contributed by atoms with van der Waals surface area (Å²) < 4.78 is 43.3. The summed E-state index contributed by atoms with van der Waals surface area (Å²) in [6.07, 6.45) is -1.28. The Balaban J connectivity index is 1.61. The summed E-state index contributed by atoms with van der Waals surface area (Å²) in [5, 5.41) is 13.1. The molecule has 0 radical (unpaired) electrons. The first-order chi connectivity index (χ1) is 18.5. The van der Waals surface area contributed by atoms with Crippen molar-refractivity contribution in [3.05, 3.63) is 48.4 Å². The molecule has 4 heterocycles. The zero-order chi connectivity index (χ0) is 27.9. The molecular formula is C27H30F3N7O2. The van der Waals surface area contributed by atoms with Crippen molar-refractivity contribution < 1.29 is 23.1 Å². The third-order valence-corrected chi connectivity index (χ3v) is 6.91. The Morgan fingerprint density at radius 2 is 1.79 bits per heavy atom. The fourth-order valence-corrected chi connectivity index (χ4v) is 4.89. The number of anilines is 2. The first kappa shape index (κ1) is 26.5. The lowest BCUT2D eigenvalue weighted by atomic mass is 10.1. The van der Waals surface area contributed by atoms with Crippen LogP contribution in [-0.4, -0.2) is 74.3 Å². The van der Waals surface area contributed by atoms with Crippen LogP contribution in [-0.2, 0) is 11.3 Å². The lowest BCUT2D eigenvalue weighted by Crippen LogP contribution is -2.48. The van der Waals surface area contributed by atoms with Crippen LogP contribution in [0.4, 0.5) is 24.9 Å². The number of carbonyl (C=O) groups excluding carboxylic acids is 1. The average Bonchev–Trinajstić information content (AvgIpc) is 3.23. The van der Waals surface area contributed by atoms with Gasteiger partial charge in [-0.05, 0) is 25.3 Å². The van der Waals surface area contributed by atoms with Crippen LogP contribution in [0.2, 0.25) is 0 Å². The van der Waals surface area contributed by atoms with Crippen LogP contribution in [0.15, 0.2) is 42.7 Å². The molecule has 1 amide bonds. The number of piperazine rings is 1. The molecule has 0 aliphatic carbocycles. The highest BCUT2D eigenvalue weighted by atomic mass is 19.4. The second-order valence-electron chi connectivity index (χ2n) is 10.1. The maximum Gasteiger partial charge on any atom is 0.405 e. The zero-order valence-electron chi connectivity index (χ0n) is 22.0.